The topological polar surface area (TPSA) is 132 Å². The van der Waals surface area contributed by atoms with E-state index in [2.05, 4.69) is 22.5 Å². The van der Waals surface area contributed by atoms with Crippen molar-refractivity contribution in [3.63, 3.8) is 0 Å². The van der Waals surface area contributed by atoms with Gasteiger partial charge in [0, 0.05) is 47.8 Å². The molecule has 1 saturated heterocycles. The molecule has 1 amide bonds. The number of likely N-dealkylation sites (tertiary alicyclic amines) is 1. The molecule has 0 aromatic heterocycles. The molecule has 1 atom stereocenters. The molecule has 1 unspecified atom stereocenters. The Hall–Kier alpha value is -3.58. The quantitative estimate of drug-likeness (QED) is 0.162. The van der Waals surface area contributed by atoms with Gasteiger partial charge in [0.1, 0.15) is 5.75 Å². The molecule has 0 saturated carbocycles. The normalized spacial score (nSPS) is 13.0. The van der Waals surface area contributed by atoms with Crippen LogP contribution in [0.4, 0.5) is 11.4 Å². The summed E-state index contributed by atoms with van der Waals surface area (Å²) in [5.74, 6) is 0.177. The maximum Gasteiger partial charge on any atom is 0.253 e. The summed E-state index contributed by atoms with van der Waals surface area (Å²) < 4.78 is 9.16. The van der Waals surface area contributed by atoms with Crippen molar-refractivity contribution in [2.45, 2.75) is 32.2 Å². The van der Waals surface area contributed by atoms with Gasteiger partial charge in [0.15, 0.2) is 0 Å². The first-order valence-corrected chi connectivity index (χ1v) is 13.0. The highest BCUT2D eigenvalue weighted by molar-refractivity contribution is 7.20. The lowest BCUT2D eigenvalue weighted by Gasteiger charge is -2.16. The largest absolute Gasteiger partial charge is 0.508 e. The van der Waals surface area contributed by atoms with Crippen LogP contribution in [0.2, 0.25) is 0 Å². The zero-order valence-corrected chi connectivity index (χ0v) is 22.2. The number of hydrogen-bond donors (Lipinski definition) is 5. The summed E-state index contributed by atoms with van der Waals surface area (Å²) in [4.78, 5) is 14.3. The van der Waals surface area contributed by atoms with E-state index in [1.54, 1.807) is 19.2 Å². The number of phenols is 1. The minimum Gasteiger partial charge on any atom is -0.508 e. The van der Waals surface area contributed by atoms with Crippen molar-refractivity contribution in [2.75, 3.05) is 25.5 Å². The number of amides is 1. The van der Waals surface area contributed by atoms with E-state index in [1.807, 2.05) is 54.3 Å². The Morgan fingerprint density at radius 3 is 2.38 bits per heavy atom. The van der Waals surface area contributed by atoms with Gasteiger partial charge in [-0.1, -0.05) is 36.4 Å². The molecule has 37 heavy (non-hydrogen) atoms. The molecule has 0 aliphatic carbocycles. The molecule has 0 spiro atoms. The molecule has 196 valence electrons. The Bertz CT molecular complexity index is 1140. The summed E-state index contributed by atoms with van der Waals surface area (Å²) in [6.45, 7) is 3.67. The highest BCUT2D eigenvalue weighted by Gasteiger charge is 2.19. The number of carbonyl (C=O) groups is 1. The summed E-state index contributed by atoms with van der Waals surface area (Å²) in [5.41, 5.74) is 9.68. The van der Waals surface area contributed by atoms with E-state index in [0.717, 1.165) is 38.0 Å². The lowest BCUT2D eigenvalue weighted by Crippen LogP contribution is -2.27. The van der Waals surface area contributed by atoms with E-state index in [1.165, 1.54) is 17.8 Å². The molecule has 0 radical (unpaired) electrons. The summed E-state index contributed by atoms with van der Waals surface area (Å²) in [6, 6.07) is 22.7. The predicted octanol–water partition coefficient (Wildman–Crippen LogP) is 5.36. The van der Waals surface area contributed by atoms with Crippen LogP contribution in [0.3, 0.4) is 0 Å². The minimum atomic E-state index is -0.00154. The second-order valence-electron chi connectivity index (χ2n) is 8.60. The number of nitrogens with two attached hydrogens (primary N) is 1. The molecule has 3 aromatic carbocycles. The van der Waals surface area contributed by atoms with Gasteiger partial charge < -0.3 is 26.5 Å². The van der Waals surface area contributed by atoms with Crippen molar-refractivity contribution in [2.24, 2.45) is 5.73 Å². The van der Waals surface area contributed by atoms with E-state index >= 15 is 0 Å². The van der Waals surface area contributed by atoms with Crippen LogP contribution in [-0.4, -0.2) is 48.3 Å². The number of aromatic hydroxyl groups is 1. The lowest BCUT2D eigenvalue weighted by atomic mass is 10.1. The minimum absolute atomic E-state index is 0.00154. The van der Waals surface area contributed by atoms with Gasteiger partial charge in [-0.05, 0) is 75.2 Å². The van der Waals surface area contributed by atoms with Gasteiger partial charge in [0.2, 0.25) is 8.61 Å². The van der Waals surface area contributed by atoms with Gasteiger partial charge in [-0.15, -0.1) is 0 Å². The van der Waals surface area contributed by atoms with E-state index in [9.17, 15) is 9.90 Å². The Morgan fingerprint density at radius 1 is 1.11 bits per heavy atom. The zero-order chi connectivity index (χ0) is 27.0. The highest BCUT2D eigenvalue weighted by atomic mass is 31.1. The molecular formula is C28H36N5O3P. The van der Waals surface area contributed by atoms with E-state index in [0.29, 0.717) is 16.8 Å². The molecule has 1 heterocycles. The maximum absolute atomic E-state index is 12.4. The Labute approximate surface area is 220 Å². The molecule has 0 bridgehead atoms. The number of benzene rings is 3. The number of nitrogens with zero attached hydrogens (tertiary/aromatic N) is 1. The third kappa shape index (κ3) is 10.5. The van der Waals surface area contributed by atoms with Crippen LogP contribution in [0.15, 0.2) is 72.8 Å². The summed E-state index contributed by atoms with van der Waals surface area (Å²) in [7, 11) is 1.60. The Morgan fingerprint density at radius 2 is 1.78 bits per heavy atom. The first-order valence-electron chi connectivity index (χ1n) is 12.2. The van der Waals surface area contributed by atoms with E-state index < -0.39 is 0 Å². The second-order valence-corrected chi connectivity index (χ2v) is 9.23. The van der Waals surface area contributed by atoms with Gasteiger partial charge in [-0.25, -0.2) is 5.09 Å². The van der Waals surface area contributed by atoms with Gasteiger partial charge in [0.05, 0.1) is 0 Å². The molecule has 3 aromatic rings. The first kappa shape index (κ1) is 29.6. The van der Waals surface area contributed by atoms with Gasteiger partial charge >= 0.3 is 0 Å². The molecule has 9 heteroatoms. The summed E-state index contributed by atoms with van der Waals surface area (Å²) in [5, 5.41) is 22.5. The monoisotopic (exact) mass is 521 g/mol. The Kier molecular flexibility index (Phi) is 13.0. The van der Waals surface area contributed by atoms with Gasteiger partial charge in [-0.3, -0.25) is 9.36 Å². The third-order valence-corrected chi connectivity index (χ3v) is 5.65. The van der Waals surface area contributed by atoms with Crippen molar-refractivity contribution >= 4 is 32.1 Å². The number of nitrogens with one attached hydrogen (secondary N) is 3. The smallest absolute Gasteiger partial charge is 0.253 e. The number of hydrogen-bond acceptors (Lipinski definition) is 6. The average molecular weight is 522 g/mol. The van der Waals surface area contributed by atoms with E-state index in [-0.39, 0.29) is 26.3 Å². The molecule has 1 aliphatic heterocycles. The van der Waals surface area contributed by atoms with Crippen LogP contribution in [0.1, 0.15) is 41.3 Å². The van der Waals surface area contributed by atoms with Crippen molar-refractivity contribution in [1.29, 1.82) is 5.41 Å². The molecule has 1 aliphatic rings. The molecule has 4 rings (SSSR count). The highest BCUT2D eigenvalue weighted by Crippen LogP contribution is 2.24. The van der Waals surface area contributed by atoms with Crippen LogP contribution in [0.25, 0.3) is 0 Å². The van der Waals surface area contributed by atoms with Crippen molar-refractivity contribution < 1.29 is 14.5 Å². The fourth-order valence-electron chi connectivity index (χ4n) is 3.76. The standard InChI is InChI=1S/C18H19N3O2.C9H13N.CH4NOP/c19-12-14-11-16(22)6-7-17(14)20-15-5-3-4-13(10-15)18(23)21-8-1-2-9-21;1-8(10)7-9-5-3-2-4-6-9;1-2-4-3/h3-7,10-12,19-20,22H,1-2,8-9H2;2-6,8H,7,10H2,1H3;1H3,(H,2,3). The van der Waals surface area contributed by atoms with Gasteiger partial charge in [-0.2, -0.15) is 0 Å². The van der Waals surface area contributed by atoms with Crippen LogP contribution < -0.4 is 16.1 Å². The SMILES string of the molecule is CC(N)Cc1ccccc1.CNP=O.N=Cc1cc(O)ccc1Nc1cccc(C(=O)N2CCCC2)c1. The molecule has 6 N–H and O–H groups in total. The van der Waals surface area contributed by atoms with Crippen molar-refractivity contribution in [3.8, 4) is 5.75 Å². The Balaban J connectivity index is 0.000000285. The van der Waals surface area contributed by atoms with Crippen molar-refractivity contribution in [3.05, 3.63) is 89.5 Å². The van der Waals surface area contributed by atoms with Crippen LogP contribution >= 0.6 is 8.61 Å². The molecule has 8 nitrogen and oxygen atoms in total. The van der Waals surface area contributed by atoms with Gasteiger partial charge in [0.25, 0.3) is 5.91 Å². The predicted molar refractivity (Wildman–Crippen MR) is 151 cm³/mol. The maximum atomic E-state index is 12.4. The number of rotatable bonds is 7. The molecular weight excluding hydrogens is 485 g/mol. The fraction of sp³-hybridized carbons (Fsp3) is 0.286. The number of carbonyl (C=O) groups excluding carboxylic acids is 1. The van der Waals surface area contributed by atoms with Crippen LogP contribution in [0, 0.1) is 5.41 Å². The third-order valence-electron chi connectivity index (χ3n) is 5.46. The number of anilines is 2. The van der Waals surface area contributed by atoms with Crippen LogP contribution in [0.5, 0.6) is 5.75 Å². The van der Waals surface area contributed by atoms with Crippen LogP contribution in [-0.2, 0) is 11.0 Å². The second kappa shape index (κ2) is 16.2. The molecule has 1 fully saturated rings. The van der Waals surface area contributed by atoms with Crippen molar-refractivity contribution in [1.82, 2.24) is 9.99 Å². The summed E-state index contributed by atoms with van der Waals surface area (Å²) in [6.07, 6.45) is 4.29. The van der Waals surface area contributed by atoms with E-state index in [4.69, 9.17) is 15.7 Å². The zero-order valence-electron chi connectivity index (χ0n) is 21.4. The first-order chi connectivity index (χ1) is 17.9. The lowest BCUT2D eigenvalue weighted by molar-refractivity contribution is 0.0793. The summed E-state index contributed by atoms with van der Waals surface area (Å²) >= 11 is 0. The number of phenolic OH excluding ortho intramolecular Hbond substituents is 1. The fourth-order valence-corrected chi connectivity index (χ4v) is 3.76. The average Bonchev–Trinajstić information content (AvgIpc) is 3.45.